The molecule has 0 atom stereocenters. The van der Waals surface area contributed by atoms with Crippen LogP contribution in [0.25, 0.3) is 10.2 Å². The first-order chi connectivity index (χ1) is 14.6. The summed E-state index contributed by atoms with van der Waals surface area (Å²) in [4.78, 5) is 38.8. The predicted molar refractivity (Wildman–Crippen MR) is 104 cm³/mol. The van der Waals surface area contributed by atoms with Crippen LogP contribution in [0.1, 0.15) is 22.8 Å². The predicted octanol–water partition coefficient (Wildman–Crippen LogP) is 3.93. The van der Waals surface area contributed by atoms with Crippen molar-refractivity contribution in [2.45, 2.75) is 19.6 Å². The van der Waals surface area contributed by atoms with Gasteiger partial charge in [0.25, 0.3) is 11.6 Å². The lowest BCUT2D eigenvalue weighted by atomic mass is 10.1. The van der Waals surface area contributed by atoms with Gasteiger partial charge in [0.2, 0.25) is 0 Å². The number of carbonyl (C=O) groups is 2. The number of hydrogen-bond acceptors (Lipinski definition) is 6. The quantitative estimate of drug-likeness (QED) is 0.331. The molecule has 0 radical (unpaired) electrons. The van der Waals surface area contributed by atoms with E-state index in [0.717, 1.165) is 23.5 Å². The number of nitro benzene ring substituents is 1. The number of benzene rings is 2. The van der Waals surface area contributed by atoms with Crippen LogP contribution < -0.4 is 4.80 Å². The van der Waals surface area contributed by atoms with E-state index in [1.165, 1.54) is 28.8 Å². The lowest BCUT2D eigenvalue weighted by Crippen LogP contribution is -2.23. The Morgan fingerprint density at radius 1 is 1.23 bits per heavy atom. The molecule has 3 rings (SSSR count). The van der Waals surface area contributed by atoms with E-state index in [4.69, 9.17) is 4.74 Å². The van der Waals surface area contributed by atoms with Gasteiger partial charge < -0.3 is 9.30 Å². The largest absolute Gasteiger partial charge is 0.465 e. The number of fused-ring (bicyclic) bond motifs is 1. The van der Waals surface area contributed by atoms with E-state index < -0.39 is 28.5 Å². The Bertz CT molecular complexity index is 1250. The third kappa shape index (κ3) is 4.97. The highest BCUT2D eigenvalue weighted by Crippen LogP contribution is 2.29. The van der Waals surface area contributed by atoms with Crippen molar-refractivity contribution in [3.63, 3.8) is 0 Å². The van der Waals surface area contributed by atoms with Gasteiger partial charge >= 0.3 is 12.1 Å². The van der Waals surface area contributed by atoms with Gasteiger partial charge in [0.1, 0.15) is 6.54 Å². The average molecular weight is 453 g/mol. The fraction of sp³-hybridized carbons (Fsp3) is 0.211. The van der Waals surface area contributed by atoms with Gasteiger partial charge in [-0.1, -0.05) is 17.4 Å². The van der Waals surface area contributed by atoms with E-state index in [0.29, 0.717) is 16.3 Å². The van der Waals surface area contributed by atoms with Crippen LogP contribution in [0.3, 0.4) is 0 Å². The van der Waals surface area contributed by atoms with Crippen LogP contribution in [0.5, 0.6) is 0 Å². The van der Waals surface area contributed by atoms with E-state index in [9.17, 15) is 32.9 Å². The number of amides is 1. The normalized spacial score (nSPS) is 12.2. The number of rotatable bonds is 5. The van der Waals surface area contributed by atoms with Crippen molar-refractivity contribution in [2.24, 2.45) is 4.99 Å². The van der Waals surface area contributed by atoms with Gasteiger partial charge in [-0.25, -0.2) is 0 Å². The summed E-state index contributed by atoms with van der Waals surface area (Å²) in [7, 11) is 0. The summed E-state index contributed by atoms with van der Waals surface area (Å²) in [5.41, 5.74) is -1.10. The fourth-order valence-electron chi connectivity index (χ4n) is 2.73. The molecule has 0 aliphatic carbocycles. The number of thiazole rings is 1. The molecular weight excluding hydrogens is 439 g/mol. The number of alkyl halides is 3. The summed E-state index contributed by atoms with van der Waals surface area (Å²) in [6.45, 7) is 1.39. The zero-order valence-corrected chi connectivity index (χ0v) is 16.7. The smallest absolute Gasteiger partial charge is 0.416 e. The van der Waals surface area contributed by atoms with E-state index in [1.54, 1.807) is 6.92 Å². The molecule has 0 fully saturated rings. The fourth-order valence-corrected chi connectivity index (χ4v) is 3.79. The summed E-state index contributed by atoms with van der Waals surface area (Å²) in [5.74, 6) is -1.58. The van der Waals surface area contributed by atoms with Gasteiger partial charge in [-0.3, -0.25) is 19.7 Å². The molecule has 2 aromatic carbocycles. The van der Waals surface area contributed by atoms with E-state index in [2.05, 4.69) is 4.99 Å². The van der Waals surface area contributed by atoms with Gasteiger partial charge in [-0.05, 0) is 31.2 Å². The summed E-state index contributed by atoms with van der Waals surface area (Å²) < 4.78 is 45.4. The molecule has 0 aliphatic heterocycles. The number of ether oxygens (including phenoxy) is 1. The molecular formula is C19H14F3N3O5S. The Labute approximate surface area is 176 Å². The standard InChI is InChI=1S/C19H14F3N3O5S/c1-2-30-16(26)10-24-14-7-6-13(25(28)29)9-15(14)31-18(24)23-17(27)11-4-3-5-12(8-11)19(20,21)22/h3-9H,2,10H2,1H3. The molecule has 0 saturated heterocycles. The first kappa shape index (κ1) is 22.2. The molecule has 0 N–H and O–H groups in total. The number of hydrogen-bond donors (Lipinski definition) is 0. The van der Waals surface area contributed by atoms with Gasteiger partial charge in [-0.2, -0.15) is 18.2 Å². The van der Waals surface area contributed by atoms with Crippen LogP contribution in [-0.4, -0.2) is 28.0 Å². The minimum atomic E-state index is -4.63. The van der Waals surface area contributed by atoms with Gasteiger partial charge in [0, 0.05) is 17.7 Å². The first-order valence-corrected chi connectivity index (χ1v) is 9.61. The molecule has 8 nitrogen and oxygen atoms in total. The van der Waals surface area contributed by atoms with Crippen molar-refractivity contribution in [3.8, 4) is 0 Å². The second-order valence-corrected chi connectivity index (χ2v) is 7.19. The molecule has 1 amide bonds. The Morgan fingerprint density at radius 2 is 1.97 bits per heavy atom. The molecule has 31 heavy (non-hydrogen) atoms. The molecule has 0 spiro atoms. The first-order valence-electron chi connectivity index (χ1n) is 8.80. The molecule has 1 heterocycles. The maximum Gasteiger partial charge on any atom is 0.416 e. The van der Waals surface area contributed by atoms with Crippen molar-refractivity contribution in [1.29, 1.82) is 0 Å². The van der Waals surface area contributed by atoms with Gasteiger partial charge in [0.15, 0.2) is 4.80 Å². The summed E-state index contributed by atoms with van der Waals surface area (Å²) in [6.07, 6.45) is -4.63. The van der Waals surface area contributed by atoms with Crippen LogP contribution >= 0.6 is 11.3 Å². The minimum Gasteiger partial charge on any atom is -0.465 e. The van der Waals surface area contributed by atoms with Crippen LogP contribution in [0.15, 0.2) is 47.5 Å². The molecule has 162 valence electrons. The molecule has 0 bridgehead atoms. The number of aromatic nitrogens is 1. The minimum absolute atomic E-state index is 0.00837. The van der Waals surface area contributed by atoms with Gasteiger partial charge in [-0.15, -0.1) is 0 Å². The zero-order valence-electron chi connectivity index (χ0n) is 15.9. The third-order valence-corrected chi connectivity index (χ3v) is 5.14. The molecule has 12 heteroatoms. The second-order valence-electron chi connectivity index (χ2n) is 6.18. The molecule has 3 aromatic rings. The zero-order chi connectivity index (χ0) is 22.8. The maximum atomic E-state index is 12.9. The van der Waals surface area contributed by atoms with E-state index in [1.807, 2.05) is 0 Å². The molecule has 0 unspecified atom stereocenters. The third-order valence-electron chi connectivity index (χ3n) is 4.10. The van der Waals surface area contributed by atoms with Crippen molar-refractivity contribution >= 4 is 39.1 Å². The highest BCUT2D eigenvalue weighted by atomic mass is 32.1. The number of esters is 1. The van der Waals surface area contributed by atoms with E-state index in [-0.39, 0.29) is 29.2 Å². The van der Waals surface area contributed by atoms with Crippen LogP contribution in [0.4, 0.5) is 18.9 Å². The van der Waals surface area contributed by atoms with Crippen LogP contribution in [-0.2, 0) is 22.3 Å². The second kappa shape index (κ2) is 8.68. The Hall–Kier alpha value is -3.54. The highest BCUT2D eigenvalue weighted by Gasteiger charge is 2.31. The Kier molecular flexibility index (Phi) is 6.20. The topological polar surface area (TPSA) is 104 Å². The molecule has 1 aromatic heterocycles. The number of nitrogens with zero attached hydrogens (tertiary/aromatic N) is 3. The van der Waals surface area contributed by atoms with Crippen molar-refractivity contribution < 1.29 is 32.4 Å². The summed E-state index contributed by atoms with van der Waals surface area (Å²) >= 11 is 0.889. The van der Waals surface area contributed by atoms with Crippen molar-refractivity contribution in [1.82, 2.24) is 4.57 Å². The molecule has 0 aliphatic rings. The van der Waals surface area contributed by atoms with Crippen LogP contribution in [0, 0.1) is 10.1 Å². The summed E-state index contributed by atoms with van der Waals surface area (Å²) in [6, 6.07) is 7.68. The average Bonchev–Trinajstić information content (AvgIpc) is 3.03. The highest BCUT2D eigenvalue weighted by molar-refractivity contribution is 7.16. The maximum absolute atomic E-state index is 12.9. The number of halogens is 3. The van der Waals surface area contributed by atoms with Crippen molar-refractivity contribution in [2.75, 3.05) is 6.61 Å². The number of carbonyl (C=O) groups excluding carboxylic acids is 2. The Balaban J connectivity index is 2.12. The lowest BCUT2D eigenvalue weighted by Gasteiger charge is -2.07. The monoisotopic (exact) mass is 453 g/mol. The Morgan fingerprint density at radius 3 is 2.61 bits per heavy atom. The SMILES string of the molecule is CCOC(=O)Cn1c(=NC(=O)c2cccc(C(F)(F)F)c2)sc2cc([N+](=O)[O-])ccc21. The van der Waals surface area contributed by atoms with Crippen molar-refractivity contribution in [3.05, 3.63) is 68.5 Å². The molecule has 0 saturated carbocycles. The van der Waals surface area contributed by atoms with Crippen LogP contribution in [0.2, 0.25) is 0 Å². The number of nitro groups is 1. The summed E-state index contributed by atoms with van der Waals surface area (Å²) in [5, 5.41) is 11.0. The number of non-ortho nitro benzene ring substituents is 1. The van der Waals surface area contributed by atoms with E-state index >= 15 is 0 Å². The van der Waals surface area contributed by atoms with Gasteiger partial charge in [0.05, 0.1) is 27.3 Å². The lowest BCUT2D eigenvalue weighted by molar-refractivity contribution is -0.384.